The molecule has 98 valence electrons. The molecule has 18 heavy (non-hydrogen) atoms. The fourth-order valence-corrected chi connectivity index (χ4v) is 2.08. The average molecular weight is 251 g/mol. The summed E-state index contributed by atoms with van der Waals surface area (Å²) in [7, 11) is 0. The molecule has 0 bridgehead atoms. The second kappa shape index (κ2) is 4.15. The first kappa shape index (κ1) is 12.7. The van der Waals surface area contributed by atoms with E-state index in [2.05, 4.69) is 5.32 Å². The van der Waals surface area contributed by atoms with Crippen LogP contribution < -0.4 is 5.32 Å². The number of carbonyl (C=O) groups excluding carboxylic acids is 1. The van der Waals surface area contributed by atoms with Crippen molar-refractivity contribution in [1.82, 2.24) is 5.32 Å². The number of aryl methyl sites for hydroxylation is 2. The molecule has 0 unspecified atom stereocenters. The SMILES string of the molecule is Cc1oc(C)c(C(=O)NCC2(C(=O)O)CC2)c1C. The molecule has 1 saturated carbocycles. The van der Waals surface area contributed by atoms with E-state index in [-0.39, 0.29) is 12.5 Å². The van der Waals surface area contributed by atoms with Gasteiger partial charge in [-0.25, -0.2) is 0 Å². The number of furan rings is 1. The van der Waals surface area contributed by atoms with Crippen molar-refractivity contribution in [2.24, 2.45) is 5.41 Å². The lowest BCUT2D eigenvalue weighted by Crippen LogP contribution is -2.34. The number of amides is 1. The van der Waals surface area contributed by atoms with Crippen molar-refractivity contribution in [3.8, 4) is 0 Å². The van der Waals surface area contributed by atoms with Gasteiger partial charge in [0.1, 0.15) is 11.5 Å². The molecular formula is C13H17NO4. The second-order valence-corrected chi connectivity index (χ2v) is 4.98. The fraction of sp³-hybridized carbons (Fsp3) is 0.538. The largest absolute Gasteiger partial charge is 0.481 e. The molecule has 5 nitrogen and oxygen atoms in total. The zero-order chi connectivity index (χ0) is 13.5. The number of hydrogen-bond donors (Lipinski definition) is 2. The number of carboxylic acid groups (broad SMARTS) is 1. The van der Waals surface area contributed by atoms with E-state index in [1.165, 1.54) is 0 Å². The highest BCUT2D eigenvalue weighted by atomic mass is 16.4. The molecule has 1 aromatic heterocycles. The van der Waals surface area contributed by atoms with Gasteiger partial charge in [0, 0.05) is 12.1 Å². The van der Waals surface area contributed by atoms with Gasteiger partial charge < -0.3 is 14.8 Å². The number of nitrogens with one attached hydrogen (secondary N) is 1. The van der Waals surface area contributed by atoms with Crippen molar-refractivity contribution in [1.29, 1.82) is 0 Å². The monoisotopic (exact) mass is 251 g/mol. The summed E-state index contributed by atoms with van der Waals surface area (Å²) in [6.07, 6.45) is 1.26. The lowest BCUT2D eigenvalue weighted by atomic mass is 10.1. The van der Waals surface area contributed by atoms with Crippen LogP contribution in [-0.4, -0.2) is 23.5 Å². The summed E-state index contributed by atoms with van der Waals surface area (Å²) in [5, 5.41) is 11.7. The van der Waals surface area contributed by atoms with Gasteiger partial charge in [0.05, 0.1) is 11.0 Å². The summed E-state index contributed by atoms with van der Waals surface area (Å²) < 4.78 is 5.38. The van der Waals surface area contributed by atoms with Crippen molar-refractivity contribution in [2.75, 3.05) is 6.54 Å². The van der Waals surface area contributed by atoms with Gasteiger partial charge in [-0.1, -0.05) is 0 Å². The van der Waals surface area contributed by atoms with Crippen molar-refractivity contribution < 1.29 is 19.1 Å². The molecule has 0 radical (unpaired) electrons. The Morgan fingerprint density at radius 3 is 2.28 bits per heavy atom. The fourth-order valence-electron chi connectivity index (χ4n) is 2.08. The number of carboxylic acids is 1. The van der Waals surface area contributed by atoms with Crippen molar-refractivity contribution in [3.63, 3.8) is 0 Å². The normalized spacial score (nSPS) is 16.4. The van der Waals surface area contributed by atoms with E-state index in [1.54, 1.807) is 13.8 Å². The highest BCUT2D eigenvalue weighted by Gasteiger charge is 2.50. The highest BCUT2D eigenvalue weighted by Crippen LogP contribution is 2.45. The third-order valence-electron chi connectivity index (χ3n) is 3.68. The lowest BCUT2D eigenvalue weighted by molar-refractivity contribution is -0.143. The molecule has 0 aromatic carbocycles. The summed E-state index contributed by atoms with van der Waals surface area (Å²) >= 11 is 0. The summed E-state index contributed by atoms with van der Waals surface area (Å²) in [6, 6.07) is 0. The van der Waals surface area contributed by atoms with E-state index < -0.39 is 11.4 Å². The summed E-state index contributed by atoms with van der Waals surface area (Å²) in [6.45, 7) is 5.55. The van der Waals surface area contributed by atoms with Crippen LogP contribution in [0.5, 0.6) is 0 Å². The van der Waals surface area contributed by atoms with Gasteiger partial charge in [-0.2, -0.15) is 0 Å². The minimum atomic E-state index is -0.834. The number of aliphatic carboxylic acids is 1. The van der Waals surface area contributed by atoms with Gasteiger partial charge in [0.15, 0.2) is 0 Å². The molecule has 1 aliphatic rings. The van der Waals surface area contributed by atoms with Crippen LogP contribution in [-0.2, 0) is 4.79 Å². The number of carbonyl (C=O) groups is 2. The summed E-state index contributed by atoms with van der Waals surface area (Å²) in [5.41, 5.74) is 0.592. The van der Waals surface area contributed by atoms with Crippen LogP contribution in [0.25, 0.3) is 0 Å². The smallest absolute Gasteiger partial charge is 0.311 e. The Bertz CT molecular complexity index is 511. The Morgan fingerprint density at radius 1 is 1.28 bits per heavy atom. The maximum absolute atomic E-state index is 12.0. The van der Waals surface area contributed by atoms with Crippen LogP contribution in [0.1, 0.15) is 40.3 Å². The predicted octanol–water partition coefficient (Wildman–Crippen LogP) is 1.80. The minimum absolute atomic E-state index is 0.185. The van der Waals surface area contributed by atoms with E-state index >= 15 is 0 Å². The molecule has 1 heterocycles. The molecular weight excluding hydrogens is 234 g/mol. The molecule has 0 spiro atoms. The van der Waals surface area contributed by atoms with Crippen molar-refractivity contribution in [3.05, 3.63) is 22.6 Å². The molecule has 1 aliphatic carbocycles. The van der Waals surface area contributed by atoms with Gasteiger partial charge in [-0.05, 0) is 33.6 Å². The Morgan fingerprint density at radius 2 is 1.89 bits per heavy atom. The summed E-state index contributed by atoms with van der Waals surface area (Å²) in [4.78, 5) is 23.0. The molecule has 0 atom stereocenters. The third kappa shape index (κ3) is 2.00. The maximum Gasteiger partial charge on any atom is 0.311 e. The highest BCUT2D eigenvalue weighted by molar-refractivity contribution is 5.97. The molecule has 1 fully saturated rings. The van der Waals surface area contributed by atoms with Crippen molar-refractivity contribution >= 4 is 11.9 Å². The average Bonchev–Trinajstić information content (AvgIpc) is 3.02. The minimum Gasteiger partial charge on any atom is -0.481 e. The standard InChI is InChI=1S/C13H17NO4/c1-7-8(2)18-9(3)10(7)11(15)14-6-13(4-5-13)12(16)17/h4-6H2,1-3H3,(H,14,15)(H,16,17). The van der Waals surface area contributed by atoms with Gasteiger partial charge in [-0.15, -0.1) is 0 Å². The molecule has 1 aromatic rings. The number of rotatable bonds is 4. The molecule has 1 amide bonds. The quantitative estimate of drug-likeness (QED) is 0.855. The van der Waals surface area contributed by atoms with E-state index in [4.69, 9.17) is 9.52 Å². The van der Waals surface area contributed by atoms with Crippen LogP contribution in [0.3, 0.4) is 0 Å². The van der Waals surface area contributed by atoms with E-state index in [9.17, 15) is 9.59 Å². The third-order valence-corrected chi connectivity index (χ3v) is 3.68. The zero-order valence-electron chi connectivity index (χ0n) is 10.8. The van der Waals surface area contributed by atoms with Gasteiger partial charge in [-0.3, -0.25) is 9.59 Å². The first-order valence-corrected chi connectivity index (χ1v) is 5.95. The van der Waals surface area contributed by atoms with Crippen LogP contribution in [0.15, 0.2) is 4.42 Å². The molecule has 2 rings (SSSR count). The van der Waals surface area contributed by atoms with E-state index in [0.717, 1.165) is 11.3 Å². The van der Waals surface area contributed by atoms with Gasteiger partial charge >= 0.3 is 5.97 Å². The first-order valence-electron chi connectivity index (χ1n) is 5.95. The van der Waals surface area contributed by atoms with E-state index in [0.29, 0.717) is 24.2 Å². The molecule has 2 N–H and O–H groups in total. The summed E-state index contributed by atoms with van der Waals surface area (Å²) in [5.74, 6) is 0.202. The van der Waals surface area contributed by atoms with Gasteiger partial charge in [0.2, 0.25) is 0 Å². The molecule has 0 aliphatic heterocycles. The Balaban J connectivity index is 2.07. The van der Waals surface area contributed by atoms with Gasteiger partial charge in [0.25, 0.3) is 5.91 Å². The predicted molar refractivity (Wildman–Crippen MR) is 64.6 cm³/mol. The van der Waals surface area contributed by atoms with Crippen LogP contribution in [0.4, 0.5) is 0 Å². The van der Waals surface area contributed by atoms with Crippen LogP contribution >= 0.6 is 0 Å². The Hall–Kier alpha value is -1.78. The van der Waals surface area contributed by atoms with E-state index in [1.807, 2.05) is 6.92 Å². The topological polar surface area (TPSA) is 79.5 Å². The van der Waals surface area contributed by atoms with Crippen LogP contribution in [0.2, 0.25) is 0 Å². The second-order valence-electron chi connectivity index (χ2n) is 4.98. The van der Waals surface area contributed by atoms with Crippen molar-refractivity contribution in [2.45, 2.75) is 33.6 Å². The molecule has 0 saturated heterocycles. The molecule has 5 heteroatoms. The first-order chi connectivity index (χ1) is 8.37. The lowest BCUT2D eigenvalue weighted by Gasteiger charge is -2.11. The Kier molecular flexibility index (Phi) is 2.92. The Labute approximate surface area is 105 Å². The maximum atomic E-state index is 12.0. The number of hydrogen-bond acceptors (Lipinski definition) is 3. The zero-order valence-corrected chi connectivity index (χ0v) is 10.8. The van der Waals surface area contributed by atoms with Crippen LogP contribution in [0, 0.1) is 26.2 Å².